The van der Waals surface area contributed by atoms with Crippen molar-refractivity contribution in [3.05, 3.63) is 57.0 Å². The molecule has 0 aliphatic rings. The third-order valence-electron chi connectivity index (χ3n) is 2.70. The normalized spacial score (nSPS) is 10.6. The maximum atomic E-state index is 11.7. The standard InChI is InChI=1S/C14H13N3O4S/c1-21-11-4-2-10(3-5-11)8-13(18)16-15-9-12-6-7-14(22-12)17(19)20/h2-7,9H,8H2,1H3,(H,16,18)/b15-9+. The van der Waals surface area contributed by atoms with Crippen LogP contribution in [0.5, 0.6) is 5.75 Å². The third-order valence-corrected chi connectivity index (χ3v) is 3.67. The van der Waals surface area contributed by atoms with Gasteiger partial charge in [-0.05, 0) is 23.8 Å². The predicted octanol–water partition coefficient (Wildman–Crippen LogP) is 2.36. The monoisotopic (exact) mass is 319 g/mol. The van der Waals surface area contributed by atoms with Crippen molar-refractivity contribution < 1.29 is 14.5 Å². The van der Waals surface area contributed by atoms with Gasteiger partial charge >= 0.3 is 5.00 Å². The van der Waals surface area contributed by atoms with E-state index in [4.69, 9.17) is 4.74 Å². The van der Waals surface area contributed by atoms with Crippen LogP contribution in [-0.4, -0.2) is 24.2 Å². The van der Waals surface area contributed by atoms with Crippen LogP contribution in [0, 0.1) is 10.1 Å². The first-order chi connectivity index (χ1) is 10.6. The van der Waals surface area contributed by atoms with Crippen molar-refractivity contribution in [3.8, 4) is 5.75 Å². The number of benzene rings is 1. The second kappa shape index (κ2) is 7.32. The molecule has 8 heteroatoms. The lowest BCUT2D eigenvalue weighted by Crippen LogP contribution is -2.19. The maximum absolute atomic E-state index is 11.7. The molecule has 0 aliphatic heterocycles. The summed E-state index contributed by atoms with van der Waals surface area (Å²) in [6.45, 7) is 0. The molecule has 0 radical (unpaired) electrons. The first kappa shape index (κ1) is 15.6. The fraction of sp³-hybridized carbons (Fsp3) is 0.143. The van der Waals surface area contributed by atoms with Crippen LogP contribution in [0.4, 0.5) is 5.00 Å². The van der Waals surface area contributed by atoms with E-state index in [-0.39, 0.29) is 17.3 Å². The highest BCUT2D eigenvalue weighted by molar-refractivity contribution is 7.16. The minimum atomic E-state index is -0.468. The summed E-state index contributed by atoms with van der Waals surface area (Å²) in [5, 5.41) is 14.4. The topological polar surface area (TPSA) is 93.8 Å². The van der Waals surface area contributed by atoms with Crippen molar-refractivity contribution in [3.63, 3.8) is 0 Å². The molecule has 0 aliphatic carbocycles. The van der Waals surface area contributed by atoms with E-state index in [0.717, 1.165) is 22.6 Å². The van der Waals surface area contributed by atoms with E-state index in [9.17, 15) is 14.9 Å². The zero-order valence-corrected chi connectivity index (χ0v) is 12.5. The lowest BCUT2D eigenvalue weighted by Gasteiger charge is -2.02. The number of hydrogen-bond acceptors (Lipinski definition) is 6. The van der Waals surface area contributed by atoms with Crippen LogP contribution in [0.15, 0.2) is 41.5 Å². The minimum Gasteiger partial charge on any atom is -0.497 e. The van der Waals surface area contributed by atoms with Crippen molar-refractivity contribution in [2.45, 2.75) is 6.42 Å². The highest BCUT2D eigenvalue weighted by Crippen LogP contribution is 2.22. The lowest BCUT2D eigenvalue weighted by atomic mass is 10.1. The number of ether oxygens (including phenoxy) is 1. The van der Waals surface area contributed by atoms with Gasteiger partial charge in [0.25, 0.3) is 0 Å². The Labute approximate surface area is 130 Å². The number of thiophene rings is 1. The van der Waals surface area contributed by atoms with Gasteiger partial charge in [-0.3, -0.25) is 14.9 Å². The van der Waals surface area contributed by atoms with Crippen LogP contribution in [-0.2, 0) is 11.2 Å². The Kier molecular flexibility index (Phi) is 5.21. The number of amides is 1. The molecule has 1 heterocycles. The average molecular weight is 319 g/mol. The molecule has 1 amide bonds. The van der Waals surface area contributed by atoms with E-state index < -0.39 is 4.92 Å². The number of methoxy groups -OCH3 is 1. The van der Waals surface area contributed by atoms with Crippen LogP contribution >= 0.6 is 11.3 Å². The summed E-state index contributed by atoms with van der Waals surface area (Å²) in [5.41, 5.74) is 3.22. The molecule has 0 fully saturated rings. The number of nitrogens with one attached hydrogen (secondary N) is 1. The van der Waals surface area contributed by atoms with Crippen LogP contribution in [0.1, 0.15) is 10.4 Å². The van der Waals surface area contributed by atoms with Crippen molar-refractivity contribution in [1.29, 1.82) is 0 Å². The Morgan fingerprint density at radius 2 is 2.09 bits per heavy atom. The summed E-state index contributed by atoms with van der Waals surface area (Å²) in [4.78, 5) is 22.4. The first-order valence-electron chi connectivity index (χ1n) is 6.27. The zero-order valence-electron chi connectivity index (χ0n) is 11.7. The fourth-order valence-electron chi connectivity index (χ4n) is 1.65. The average Bonchev–Trinajstić information content (AvgIpc) is 2.97. The predicted molar refractivity (Wildman–Crippen MR) is 83.4 cm³/mol. The molecule has 22 heavy (non-hydrogen) atoms. The van der Waals surface area contributed by atoms with E-state index in [2.05, 4.69) is 10.5 Å². The van der Waals surface area contributed by atoms with Gasteiger partial charge in [0.15, 0.2) is 0 Å². The third kappa shape index (κ3) is 4.38. The highest BCUT2D eigenvalue weighted by atomic mass is 32.1. The molecule has 114 valence electrons. The summed E-state index contributed by atoms with van der Waals surface area (Å²) >= 11 is 0.987. The van der Waals surface area contributed by atoms with Gasteiger partial charge in [0.1, 0.15) is 5.75 Å². The van der Waals surface area contributed by atoms with E-state index in [1.807, 2.05) is 0 Å². The first-order valence-corrected chi connectivity index (χ1v) is 7.09. The van der Waals surface area contributed by atoms with Gasteiger partial charge in [-0.2, -0.15) is 5.10 Å². The highest BCUT2D eigenvalue weighted by Gasteiger charge is 2.08. The van der Waals surface area contributed by atoms with Gasteiger partial charge in [0.05, 0.1) is 29.5 Å². The number of carbonyl (C=O) groups is 1. The summed E-state index contributed by atoms with van der Waals surface area (Å²) in [5.74, 6) is 0.453. The summed E-state index contributed by atoms with van der Waals surface area (Å²) < 4.78 is 5.04. The van der Waals surface area contributed by atoms with Crippen LogP contribution in [0.25, 0.3) is 0 Å². The largest absolute Gasteiger partial charge is 0.497 e. The molecular formula is C14H13N3O4S. The molecule has 1 aromatic heterocycles. The number of nitro groups is 1. The molecule has 7 nitrogen and oxygen atoms in total. The van der Waals surface area contributed by atoms with Gasteiger partial charge in [-0.25, -0.2) is 5.43 Å². The molecule has 0 spiro atoms. The zero-order chi connectivity index (χ0) is 15.9. The second-order valence-electron chi connectivity index (χ2n) is 4.25. The fourth-order valence-corrected chi connectivity index (χ4v) is 2.34. The molecule has 0 atom stereocenters. The Balaban J connectivity index is 1.85. The molecular weight excluding hydrogens is 306 g/mol. The maximum Gasteiger partial charge on any atom is 0.324 e. The Morgan fingerprint density at radius 3 is 2.68 bits per heavy atom. The summed E-state index contributed by atoms with van der Waals surface area (Å²) in [7, 11) is 1.57. The van der Waals surface area contributed by atoms with Crippen LogP contribution < -0.4 is 10.2 Å². The van der Waals surface area contributed by atoms with Crippen LogP contribution in [0.2, 0.25) is 0 Å². The summed E-state index contributed by atoms with van der Waals surface area (Å²) in [6, 6.07) is 10.1. The molecule has 2 aromatic rings. The lowest BCUT2D eigenvalue weighted by molar-refractivity contribution is -0.380. The molecule has 1 aromatic carbocycles. The van der Waals surface area contributed by atoms with Crippen molar-refractivity contribution >= 4 is 28.5 Å². The minimum absolute atomic E-state index is 0.0333. The van der Waals surface area contributed by atoms with Crippen molar-refractivity contribution in [1.82, 2.24) is 5.43 Å². The number of rotatable bonds is 6. The number of hydrogen-bond donors (Lipinski definition) is 1. The van der Waals surface area contributed by atoms with E-state index in [0.29, 0.717) is 4.88 Å². The van der Waals surface area contributed by atoms with Gasteiger partial charge in [-0.15, -0.1) is 0 Å². The summed E-state index contributed by atoms with van der Waals surface area (Å²) in [6.07, 6.45) is 1.56. The van der Waals surface area contributed by atoms with Crippen molar-refractivity contribution in [2.24, 2.45) is 5.10 Å². The molecule has 0 saturated heterocycles. The smallest absolute Gasteiger partial charge is 0.324 e. The number of hydrazone groups is 1. The molecule has 1 N–H and O–H groups in total. The van der Waals surface area contributed by atoms with Gasteiger partial charge in [0.2, 0.25) is 5.91 Å². The molecule has 0 saturated carbocycles. The van der Waals surface area contributed by atoms with Gasteiger partial charge < -0.3 is 4.74 Å². The van der Waals surface area contributed by atoms with Gasteiger partial charge in [0, 0.05) is 6.07 Å². The quantitative estimate of drug-likeness (QED) is 0.502. The molecule has 0 unspecified atom stereocenters. The number of nitrogens with zero attached hydrogens (tertiary/aromatic N) is 2. The number of carbonyl (C=O) groups excluding carboxylic acids is 1. The Morgan fingerprint density at radius 1 is 1.36 bits per heavy atom. The molecule has 2 rings (SSSR count). The van der Waals surface area contributed by atoms with Crippen LogP contribution in [0.3, 0.4) is 0 Å². The Hall–Kier alpha value is -2.74. The van der Waals surface area contributed by atoms with E-state index in [1.165, 1.54) is 12.3 Å². The van der Waals surface area contributed by atoms with E-state index in [1.54, 1.807) is 37.4 Å². The molecule has 0 bridgehead atoms. The SMILES string of the molecule is COc1ccc(CC(=O)N/N=C/c2ccc([N+](=O)[O-])s2)cc1. The van der Waals surface area contributed by atoms with E-state index >= 15 is 0 Å². The van der Waals surface area contributed by atoms with Crippen molar-refractivity contribution in [2.75, 3.05) is 7.11 Å². The Bertz CT molecular complexity index is 694. The van der Waals surface area contributed by atoms with Gasteiger partial charge in [-0.1, -0.05) is 23.5 Å². The second-order valence-corrected chi connectivity index (χ2v) is 5.34.